The fourth-order valence-electron chi connectivity index (χ4n) is 0.862. The first kappa shape index (κ1) is 13.7. The van der Waals surface area contributed by atoms with E-state index in [4.69, 9.17) is 9.47 Å². The second-order valence-electron chi connectivity index (χ2n) is 2.63. The van der Waals surface area contributed by atoms with Crippen LogP contribution in [0.5, 0.6) is 0 Å². The van der Waals surface area contributed by atoms with E-state index in [2.05, 4.69) is 4.74 Å². The van der Waals surface area contributed by atoms with E-state index in [1.54, 1.807) is 13.8 Å². The Hall–Kier alpha value is -0.330. The van der Waals surface area contributed by atoms with Crippen LogP contribution >= 0.6 is 0 Å². The zero-order valence-corrected chi connectivity index (χ0v) is 8.48. The van der Waals surface area contributed by atoms with Crippen molar-refractivity contribution in [2.45, 2.75) is 32.9 Å². The van der Waals surface area contributed by atoms with Gasteiger partial charge in [-0.1, -0.05) is 0 Å². The monoisotopic (exact) mass is 216 g/mol. The van der Waals surface area contributed by atoms with Crippen molar-refractivity contribution in [2.75, 3.05) is 19.8 Å². The van der Waals surface area contributed by atoms with E-state index in [1.165, 1.54) is 6.92 Å². The standard InChI is InChI=1S/C8H15F3O3/c1-4-12-7(3,13-5-2)14-6-8(9,10)11/h4-6H2,1-3H3. The molecule has 0 aliphatic rings. The molecule has 0 radical (unpaired) electrons. The van der Waals surface area contributed by atoms with Crippen LogP contribution in [-0.2, 0) is 14.2 Å². The van der Waals surface area contributed by atoms with Crippen molar-refractivity contribution in [2.24, 2.45) is 0 Å². The van der Waals surface area contributed by atoms with Gasteiger partial charge in [0.1, 0.15) is 6.61 Å². The van der Waals surface area contributed by atoms with Crippen molar-refractivity contribution in [3.63, 3.8) is 0 Å². The normalized spacial score (nSPS) is 13.3. The smallest absolute Gasteiger partial charge is 0.328 e. The van der Waals surface area contributed by atoms with E-state index in [1.807, 2.05) is 0 Å². The van der Waals surface area contributed by atoms with Gasteiger partial charge in [-0.25, -0.2) is 0 Å². The van der Waals surface area contributed by atoms with Gasteiger partial charge in [-0.05, 0) is 13.8 Å². The molecule has 0 atom stereocenters. The summed E-state index contributed by atoms with van der Waals surface area (Å²) in [5.74, 6) is -1.61. The van der Waals surface area contributed by atoms with Crippen LogP contribution in [0.2, 0.25) is 0 Å². The van der Waals surface area contributed by atoms with Crippen molar-refractivity contribution >= 4 is 0 Å². The summed E-state index contributed by atoms with van der Waals surface area (Å²) >= 11 is 0. The van der Waals surface area contributed by atoms with E-state index in [0.29, 0.717) is 0 Å². The fourth-order valence-corrected chi connectivity index (χ4v) is 0.862. The van der Waals surface area contributed by atoms with Gasteiger partial charge in [0, 0.05) is 20.1 Å². The summed E-state index contributed by atoms with van der Waals surface area (Å²) in [4.78, 5) is 0. The summed E-state index contributed by atoms with van der Waals surface area (Å²) in [6.45, 7) is 3.65. The van der Waals surface area contributed by atoms with Gasteiger partial charge in [-0.3, -0.25) is 0 Å². The highest BCUT2D eigenvalue weighted by Gasteiger charge is 2.35. The molecule has 0 bridgehead atoms. The average molecular weight is 216 g/mol. The van der Waals surface area contributed by atoms with E-state index >= 15 is 0 Å². The highest BCUT2D eigenvalue weighted by Crippen LogP contribution is 2.21. The van der Waals surface area contributed by atoms with Crippen molar-refractivity contribution in [3.8, 4) is 0 Å². The third kappa shape index (κ3) is 6.17. The van der Waals surface area contributed by atoms with Gasteiger partial charge < -0.3 is 14.2 Å². The summed E-state index contributed by atoms with van der Waals surface area (Å²) < 4.78 is 49.8. The molecule has 0 aromatic carbocycles. The second-order valence-corrected chi connectivity index (χ2v) is 2.63. The third-order valence-corrected chi connectivity index (χ3v) is 1.31. The molecule has 0 rings (SSSR count). The summed E-state index contributed by atoms with van der Waals surface area (Å²) in [5.41, 5.74) is 0. The number of hydrogen-bond donors (Lipinski definition) is 0. The van der Waals surface area contributed by atoms with E-state index in [-0.39, 0.29) is 13.2 Å². The molecule has 6 heteroatoms. The van der Waals surface area contributed by atoms with Crippen LogP contribution in [-0.4, -0.2) is 32.0 Å². The number of halogens is 3. The zero-order chi connectivity index (χ0) is 11.2. The quantitative estimate of drug-likeness (QED) is 0.637. The van der Waals surface area contributed by atoms with E-state index in [9.17, 15) is 13.2 Å². The topological polar surface area (TPSA) is 27.7 Å². The molecule has 3 nitrogen and oxygen atoms in total. The summed E-state index contributed by atoms with van der Waals surface area (Å²) in [5, 5.41) is 0. The largest absolute Gasteiger partial charge is 0.412 e. The van der Waals surface area contributed by atoms with Gasteiger partial charge in [0.05, 0.1) is 0 Å². The minimum absolute atomic E-state index is 0.217. The number of hydrogen-bond acceptors (Lipinski definition) is 3. The number of rotatable bonds is 6. The SMILES string of the molecule is CCOC(C)(OCC)OCC(F)(F)F. The summed E-state index contributed by atoms with van der Waals surface area (Å²) in [6.07, 6.45) is -4.38. The minimum atomic E-state index is -4.38. The molecule has 0 fully saturated rings. The highest BCUT2D eigenvalue weighted by molar-refractivity contribution is 4.52. The van der Waals surface area contributed by atoms with Gasteiger partial charge in [-0.15, -0.1) is 0 Å². The van der Waals surface area contributed by atoms with E-state index < -0.39 is 18.8 Å². The second kappa shape index (κ2) is 5.53. The fraction of sp³-hybridized carbons (Fsp3) is 1.00. The Morgan fingerprint density at radius 1 is 0.929 bits per heavy atom. The molecule has 0 spiro atoms. The Morgan fingerprint density at radius 2 is 1.36 bits per heavy atom. The average Bonchev–Trinajstić information content (AvgIpc) is 2.01. The molecular weight excluding hydrogens is 201 g/mol. The molecule has 0 aromatic rings. The minimum Gasteiger partial charge on any atom is -0.328 e. The lowest BCUT2D eigenvalue weighted by Gasteiger charge is -2.29. The maximum absolute atomic E-state index is 11.8. The van der Waals surface area contributed by atoms with Gasteiger partial charge in [0.25, 0.3) is 5.97 Å². The van der Waals surface area contributed by atoms with Gasteiger partial charge in [0.15, 0.2) is 0 Å². The predicted octanol–water partition coefficient (Wildman–Crippen LogP) is 2.31. The first-order chi connectivity index (χ1) is 6.33. The number of ether oxygens (including phenoxy) is 3. The lowest BCUT2D eigenvalue weighted by atomic mass is 10.6. The van der Waals surface area contributed by atoms with Crippen LogP contribution in [0.25, 0.3) is 0 Å². The molecule has 0 N–H and O–H groups in total. The van der Waals surface area contributed by atoms with Gasteiger partial charge >= 0.3 is 6.18 Å². The molecule has 14 heavy (non-hydrogen) atoms. The molecule has 0 aliphatic heterocycles. The molecule has 0 aromatic heterocycles. The predicted molar refractivity (Wildman–Crippen MR) is 43.7 cm³/mol. The van der Waals surface area contributed by atoms with Crippen LogP contribution < -0.4 is 0 Å². The van der Waals surface area contributed by atoms with Crippen LogP contribution in [0.1, 0.15) is 20.8 Å². The van der Waals surface area contributed by atoms with Crippen LogP contribution in [0.3, 0.4) is 0 Å². The van der Waals surface area contributed by atoms with Gasteiger partial charge in [0.2, 0.25) is 0 Å². The summed E-state index contributed by atoms with van der Waals surface area (Å²) in [6, 6.07) is 0. The van der Waals surface area contributed by atoms with Crippen LogP contribution in [0.15, 0.2) is 0 Å². The van der Waals surface area contributed by atoms with Crippen molar-refractivity contribution < 1.29 is 27.4 Å². The van der Waals surface area contributed by atoms with Crippen molar-refractivity contribution in [3.05, 3.63) is 0 Å². The lowest BCUT2D eigenvalue weighted by Crippen LogP contribution is -2.39. The maximum atomic E-state index is 11.8. The summed E-state index contributed by atoms with van der Waals surface area (Å²) in [7, 11) is 0. The lowest BCUT2D eigenvalue weighted by molar-refractivity contribution is -0.385. The first-order valence-corrected chi connectivity index (χ1v) is 4.31. The molecule has 0 saturated carbocycles. The van der Waals surface area contributed by atoms with Crippen LogP contribution in [0, 0.1) is 0 Å². The molecule has 0 aliphatic carbocycles. The molecule has 86 valence electrons. The first-order valence-electron chi connectivity index (χ1n) is 4.31. The number of alkyl halides is 3. The zero-order valence-electron chi connectivity index (χ0n) is 8.48. The van der Waals surface area contributed by atoms with Crippen molar-refractivity contribution in [1.29, 1.82) is 0 Å². The van der Waals surface area contributed by atoms with E-state index in [0.717, 1.165) is 0 Å². The molecule has 0 saturated heterocycles. The Balaban J connectivity index is 4.08. The Labute approximate surface area is 81.1 Å². The van der Waals surface area contributed by atoms with Crippen molar-refractivity contribution in [1.82, 2.24) is 0 Å². The molecule has 0 amide bonds. The highest BCUT2D eigenvalue weighted by atomic mass is 19.4. The van der Waals surface area contributed by atoms with Crippen LogP contribution in [0.4, 0.5) is 13.2 Å². The maximum Gasteiger partial charge on any atom is 0.412 e. The Morgan fingerprint density at radius 3 is 1.64 bits per heavy atom. The Bertz CT molecular complexity index is 152. The molecule has 0 unspecified atom stereocenters. The van der Waals surface area contributed by atoms with Gasteiger partial charge in [-0.2, -0.15) is 13.2 Å². The Kier molecular flexibility index (Phi) is 5.40. The third-order valence-electron chi connectivity index (χ3n) is 1.31. The molecular formula is C8H15F3O3. The molecule has 0 heterocycles.